The van der Waals surface area contributed by atoms with Crippen LogP contribution in [0.4, 0.5) is 0 Å². The molecule has 2 heterocycles. The van der Waals surface area contributed by atoms with Gasteiger partial charge in [-0.25, -0.2) is 0 Å². The lowest BCUT2D eigenvalue weighted by atomic mass is 10.1. The zero-order chi connectivity index (χ0) is 13.2. The molecular formula is C14H19N3O2. The lowest BCUT2D eigenvalue weighted by molar-refractivity contribution is 0.0946. The summed E-state index contributed by atoms with van der Waals surface area (Å²) in [6, 6.07) is 2.25. The van der Waals surface area contributed by atoms with Gasteiger partial charge in [0.05, 0.1) is 11.8 Å². The molecule has 5 heteroatoms. The van der Waals surface area contributed by atoms with Crippen LogP contribution in [0, 0.1) is 5.92 Å². The van der Waals surface area contributed by atoms with Gasteiger partial charge < -0.3 is 15.3 Å². The van der Waals surface area contributed by atoms with Crippen molar-refractivity contribution < 1.29 is 9.90 Å². The number of likely N-dealkylation sites (tertiary alicyclic amines) is 1. The standard InChI is InChI=1S/C14H19N3O2/c18-13-5-11(7-15-8-13)14(19)16-6-10-3-4-17(9-10)12-1-2-12/h5,7-8,10,12,18H,1-4,6,9H2,(H,16,19)/t10-/m1/s1. The van der Waals surface area contributed by atoms with Gasteiger partial charge in [0.1, 0.15) is 5.75 Å². The van der Waals surface area contributed by atoms with Crippen LogP contribution in [0.5, 0.6) is 5.75 Å². The number of nitrogens with one attached hydrogen (secondary N) is 1. The van der Waals surface area contributed by atoms with E-state index in [0.29, 0.717) is 18.0 Å². The first-order valence-electron chi connectivity index (χ1n) is 6.88. The van der Waals surface area contributed by atoms with E-state index in [-0.39, 0.29) is 11.7 Å². The number of carbonyl (C=O) groups excluding carboxylic acids is 1. The summed E-state index contributed by atoms with van der Waals surface area (Å²) in [5.41, 5.74) is 0.414. The second-order valence-corrected chi connectivity index (χ2v) is 5.52. The number of hydrogen-bond donors (Lipinski definition) is 2. The Morgan fingerprint density at radius 1 is 1.42 bits per heavy atom. The third-order valence-corrected chi connectivity index (χ3v) is 3.92. The molecule has 102 valence electrons. The van der Waals surface area contributed by atoms with E-state index in [2.05, 4.69) is 15.2 Å². The summed E-state index contributed by atoms with van der Waals surface area (Å²) >= 11 is 0. The van der Waals surface area contributed by atoms with Gasteiger partial charge in [0.25, 0.3) is 5.91 Å². The van der Waals surface area contributed by atoms with Crippen LogP contribution in [0.15, 0.2) is 18.5 Å². The van der Waals surface area contributed by atoms with Crippen LogP contribution in [0.2, 0.25) is 0 Å². The van der Waals surface area contributed by atoms with Gasteiger partial charge in [0.2, 0.25) is 0 Å². The zero-order valence-corrected chi connectivity index (χ0v) is 10.9. The van der Waals surface area contributed by atoms with Crippen molar-refractivity contribution in [3.63, 3.8) is 0 Å². The molecule has 0 radical (unpaired) electrons. The normalized spacial score (nSPS) is 23.5. The van der Waals surface area contributed by atoms with Crippen molar-refractivity contribution >= 4 is 5.91 Å². The van der Waals surface area contributed by atoms with Crippen molar-refractivity contribution in [1.82, 2.24) is 15.2 Å². The number of amides is 1. The molecule has 1 aromatic heterocycles. The highest BCUT2D eigenvalue weighted by Gasteiger charge is 2.34. The predicted octanol–water partition coefficient (Wildman–Crippen LogP) is 1.00. The highest BCUT2D eigenvalue weighted by molar-refractivity contribution is 5.94. The molecule has 0 aromatic carbocycles. The lowest BCUT2D eigenvalue weighted by Crippen LogP contribution is -2.31. The maximum absolute atomic E-state index is 11.9. The molecule has 3 rings (SSSR count). The molecule has 1 saturated carbocycles. The van der Waals surface area contributed by atoms with Gasteiger partial charge in [-0.15, -0.1) is 0 Å². The second-order valence-electron chi connectivity index (χ2n) is 5.52. The van der Waals surface area contributed by atoms with Crippen LogP contribution in [-0.4, -0.2) is 46.6 Å². The van der Waals surface area contributed by atoms with Crippen molar-refractivity contribution in [1.29, 1.82) is 0 Å². The molecule has 1 aliphatic heterocycles. The second kappa shape index (κ2) is 5.17. The monoisotopic (exact) mass is 261 g/mol. The van der Waals surface area contributed by atoms with Gasteiger partial charge in [0, 0.05) is 25.3 Å². The van der Waals surface area contributed by atoms with Crippen molar-refractivity contribution in [3.8, 4) is 5.75 Å². The maximum Gasteiger partial charge on any atom is 0.252 e. The van der Waals surface area contributed by atoms with E-state index in [1.54, 1.807) is 0 Å². The summed E-state index contributed by atoms with van der Waals surface area (Å²) in [6.45, 7) is 2.97. The summed E-state index contributed by atoms with van der Waals surface area (Å²) in [6.07, 6.45) is 6.64. The van der Waals surface area contributed by atoms with Crippen LogP contribution in [0.1, 0.15) is 29.6 Å². The number of nitrogens with zero attached hydrogens (tertiary/aromatic N) is 2. The molecule has 1 atom stereocenters. The average molecular weight is 261 g/mol. The molecule has 2 N–H and O–H groups in total. The molecule has 5 nitrogen and oxygen atoms in total. The molecular weight excluding hydrogens is 242 g/mol. The van der Waals surface area contributed by atoms with Crippen LogP contribution in [-0.2, 0) is 0 Å². The van der Waals surface area contributed by atoms with E-state index < -0.39 is 0 Å². The minimum atomic E-state index is -0.159. The highest BCUT2D eigenvalue weighted by Crippen LogP contribution is 2.31. The minimum absolute atomic E-state index is 0.0217. The fraction of sp³-hybridized carbons (Fsp3) is 0.571. The Kier molecular flexibility index (Phi) is 3.38. The molecule has 1 saturated heterocycles. The van der Waals surface area contributed by atoms with Crippen molar-refractivity contribution in [3.05, 3.63) is 24.0 Å². The lowest BCUT2D eigenvalue weighted by Gasteiger charge is -2.15. The molecule has 1 aliphatic carbocycles. The smallest absolute Gasteiger partial charge is 0.252 e. The van der Waals surface area contributed by atoms with Crippen LogP contribution < -0.4 is 5.32 Å². The van der Waals surface area contributed by atoms with Crippen molar-refractivity contribution in [2.24, 2.45) is 5.92 Å². The average Bonchev–Trinajstić information content (AvgIpc) is 3.15. The fourth-order valence-corrected chi connectivity index (χ4v) is 2.69. The highest BCUT2D eigenvalue weighted by atomic mass is 16.3. The maximum atomic E-state index is 11.9. The van der Waals surface area contributed by atoms with E-state index in [1.165, 1.54) is 37.8 Å². The van der Waals surface area contributed by atoms with Gasteiger partial charge in [-0.2, -0.15) is 0 Å². The first kappa shape index (κ1) is 12.4. The number of rotatable bonds is 4. The molecule has 1 amide bonds. The Bertz CT molecular complexity index is 474. The van der Waals surface area contributed by atoms with E-state index in [4.69, 9.17) is 0 Å². The topological polar surface area (TPSA) is 65.5 Å². The van der Waals surface area contributed by atoms with Crippen LogP contribution >= 0.6 is 0 Å². The SMILES string of the molecule is O=C(NC[C@H]1CCN(C2CC2)C1)c1cncc(O)c1. The third kappa shape index (κ3) is 3.04. The number of pyridine rings is 1. The van der Waals surface area contributed by atoms with Crippen molar-refractivity contribution in [2.75, 3.05) is 19.6 Å². The molecule has 2 aliphatic rings. The summed E-state index contributed by atoms with van der Waals surface area (Å²) in [5, 5.41) is 12.2. The first-order valence-corrected chi connectivity index (χ1v) is 6.88. The largest absolute Gasteiger partial charge is 0.506 e. The van der Waals surface area contributed by atoms with Gasteiger partial charge in [-0.05, 0) is 37.8 Å². The zero-order valence-electron chi connectivity index (χ0n) is 10.9. The summed E-state index contributed by atoms with van der Waals surface area (Å²) < 4.78 is 0. The summed E-state index contributed by atoms with van der Waals surface area (Å²) in [7, 11) is 0. The van der Waals surface area contributed by atoms with E-state index in [9.17, 15) is 9.90 Å². The third-order valence-electron chi connectivity index (χ3n) is 3.92. The Labute approximate surface area is 112 Å². The van der Waals surface area contributed by atoms with Gasteiger partial charge >= 0.3 is 0 Å². The summed E-state index contributed by atoms with van der Waals surface area (Å²) in [4.78, 5) is 18.2. The first-order chi connectivity index (χ1) is 9.22. The van der Waals surface area contributed by atoms with E-state index >= 15 is 0 Å². The quantitative estimate of drug-likeness (QED) is 0.848. The molecule has 19 heavy (non-hydrogen) atoms. The van der Waals surface area contributed by atoms with Crippen molar-refractivity contribution in [2.45, 2.75) is 25.3 Å². The Hall–Kier alpha value is -1.62. The fourth-order valence-electron chi connectivity index (χ4n) is 2.69. The predicted molar refractivity (Wildman–Crippen MR) is 70.9 cm³/mol. The molecule has 2 fully saturated rings. The molecule has 0 bridgehead atoms. The van der Waals surface area contributed by atoms with Gasteiger partial charge in [0.15, 0.2) is 0 Å². The Morgan fingerprint density at radius 3 is 3.00 bits per heavy atom. The summed E-state index contributed by atoms with van der Waals surface area (Å²) in [5.74, 6) is 0.413. The van der Waals surface area contributed by atoms with Crippen LogP contribution in [0.3, 0.4) is 0 Å². The molecule has 1 aromatic rings. The minimum Gasteiger partial charge on any atom is -0.506 e. The number of aromatic hydroxyl groups is 1. The molecule has 0 spiro atoms. The van der Waals surface area contributed by atoms with E-state index in [0.717, 1.165) is 19.0 Å². The molecule has 0 unspecified atom stereocenters. The van der Waals surface area contributed by atoms with E-state index in [1.807, 2.05) is 0 Å². The van der Waals surface area contributed by atoms with Gasteiger partial charge in [-0.1, -0.05) is 0 Å². The van der Waals surface area contributed by atoms with Crippen LogP contribution in [0.25, 0.3) is 0 Å². The Morgan fingerprint density at radius 2 is 2.26 bits per heavy atom. The van der Waals surface area contributed by atoms with Gasteiger partial charge in [-0.3, -0.25) is 9.78 Å². The number of carbonyl (C=O) groups is 1. The Balaban J connectivity index is 1.48. The number of aromatic nitrogens is 1. The number of hydrogen-bond acceptors (Lipinski definition) is 4.